The lowest BCUT2D eigenvalue weighted by Crippen LogP contribution is -1.90. The van der Waals surface area contributed by atoms with E-state index < -0.39 is 5.97 Å². The molecule has 2 aromatic heterocycles. The Bertz CT molecular complexity index is 659. The van der Waals surface area contributed by atoms with Gasteiger partial charge in [-0.1, -0.05) is 0 Å². The van der Waals surface area contributed by atoms with Crippen LogP contribution in [-0.2, 0) is 5.75 Å². The van der Waals surface area contributed by atoms with Crippen molar-refractivity contribution >= 4 is 29.1 Å². The van der Waals surface area contributed by atoms with Crippen molar-refractivity contribution in [2.24, 2.45) is 0 Å². The number of carboxylic acid groups (broad SMARTS) is 1. The van der Waals surface area contributed by atoms with Crippen molar-refractivity contribution in [1.82, 2.24) is 4.98 Å². The number of rotatable bonds is 4. The summed E-state index contributed by atoms with van der Waals surface area (Å²) in [5.41, 5.74) is 1.57. The number of hydrogen-bond donors (Lipinski definition) is 1. The number of carbonyl (C=O) groups is 1. The van der Waals surface area contributed by atoms with E-state index in [4.69, 9.17) is 10.4 Å². The zero-order chi connectivity index (χ0) is 13.8. The summed E-state index contributed by atoms with van der Waals surface area (Å²) in [6.45, 7) is 1.91. The highest BCUT2D eigenvalue weighted by Gasteiger charge is 2.11. The van der Waals surface area contributed by atoms with Gasteiger partial charge in [0.1, 0.15) is 4.88 Å². The molecule has 6 heteroatoms. The van der Waals surface area contributed by atoms with E-state index in [2.05, 4.69) is 11.1 Å². The first-order chi connectivity index (χ1) is 9.10. The molecule has 0 aliphatic rings. The van der Waals surface area contributed by atoms with Crippen LogP contribution in [0.25, 0.3) is 0 Å². The van der Waals surface area contributed by atoms with Crippen molar-refractivity contribution in [1.29, 1.82) is 5.26 Å². The number of aromatic carboxylic acids is 1. The third kappa shape index (κ3) is 3.34. The predicted molar refractivity (Wildman–Crippen MR) is 74.5 cm³/mol. The first kappa shape index (κ1) is 13.6. The lowest BCUT2D eigenvalue weighted by Gasteiger charge is -2.00. The highest BCUT2D eigenvalue weighted by molar-refractivity contribution is 7.98. The minimum Gasteiger partial charge on any atom is -0.477 e. The fraction of sp³-hybridized carbons (Fsp3) is 0.154. The highest BCUT2D eigenvalue weighted by atomic mass is 32.2. The largest absolute Gasteiger partial charge is 0.477 e. The van der Waals surface area contributed by atoms with Crippen LogP contribution in [0, 0.1) is 18.3 Å². The Balaban J connectivity index is 2.10. The number of pyridine rings is 1. The number of aryl methyl sites for hydroxylation is 1. The first-order valence-corrected chi connectivity index (χ1v) is 7.22. The van der Waals surface area contributed by atoms with Gasteiger partial charge in [-0.25, -0.2) is 9.78 Å². The minimum atomic E-state index is -0.894. The second-order valence-electron chi connectivity index (χ2n) is 3.78. The van der Waals surface area contributed by atoms with E-state index in [9.17, 15) is 4.79 Å². The van der Waals surface area contributed by atoms with Gasteiger partial charge in [-0.05, 0) is 30.7 Å². The van der Waals surface area contributed by atoms with Crippen LogP contribution in [0.5, 0.6) is 0 Å². The average molecular weight is 290 g/mol. The van der Waals surface area contributed by atoms with E-state index in [1.165, 1.54) is 23.1 Å². The van der Waals surface area contributed by atoms with Crippen LogP contribution >= 0.6 is 23.1 Å². The first-order valence-electron chi connectivity index (χ1n) is 5.41. The Kier molecular flexibility index (Phi) is 4.20. The maximum absolute atomic E-state index is 10.9. The van der Waals surface area contributed by atoms with Crippen molar-refractivity contribution in [3.63, 3.8) is 0 Å². The minimum absolute atomic E-state index is 0.354. The molecule has 0 unspecified atom stereocenters. The summed E-state index contributed by atoms with van der Waals surface area (Å²) >= 11 is 2.77. The summed E-state index contributed by atoms with van der Waals surface area (Å²) in [5, 5.41) is 18.5. The Morgan fingerprint density at radius 2 is 2.37 bits per heavy atom. The lowest BCUT2D eigenvalue weighted by molar-refractivity contribution is 0.0702. The van der Waals surface area contributed by atoms with Crippen LogP contribution in [0.3, 0.4) is 0 Å². The molecule has 0 fully saturated rings. The monoisotopic (exact) mass is 290 g/mol. The van der Waals surface area contributed by atoms with Crippen LogP contribution in [0.15, 0.2) is 29.4 Å². The summed E-state index contributed by atoms with van der Waals surface area (Å²) in [7, 11) is 0. The third-order valence-electron chi connectivity index (χ3n) is 2.47. The fourth-order valence-electron chi connectivity index (χ4n) is 1.48. The van der Waals surface area contributed by atoms with Crippen molar-refractivity contribution in [2.45, 2.75) is 17.7 Å². The molecule has 4 nitrogen and oxygen atoms in total. The molecule has 0 bridgehead atoms. The van der Waals surface area contributed by atoms with Crippen LogP contribution in [0.1, 0.15) is 25.7 Å². The van der Waals surface area contributed by atoms with Gasteiger partial charge in [0.05, 0.1) is 16.7 Å². The smallest absolute Gasteiger partial charge is 0.345 e. The molecular formula is C13H10N2O2S2. The van der Waals surface area contributed by atoms with Gasteiger partial charge in [0.15, 0.2) is 0 Å². The summed E-state index contributed by atoms with van der Waals surface area (Å²) < 4.78 is 0. The summed E-state index contributed by atoms with van der Waals surface area (Å²) in [6.07, 6.45) is 1.60. The second-order valence-corrected chi connectivity index (χ2v) is 6.03. The van der Waals surface area contributed by atoms with Crippen LogP contribution in [0.4, 0.5) is 0 Å². The third-order valence-corrected chi connectivity index (χ3v) is 4.53. The molecule has 0 aliphatic carbocycles. The molecule has 0 aromatic carbocycles. The fourth-order valence-corrected chi connectivity index (χ4v) is 3.40. The number of thiophene rings is 1. The van der Waals surface area contributed by atoms with E-state index >= 15 is 0 Å². The number of hydrogen-bond acceptors (Lipinski definition) is 5. The number of thioether (sulfide) groups is 1. The molecule has 0 aliphatic heterocycles. The van der Waals surface area contributed by atoms with Gasteiger partial charge in [0.25, 0.3) is 0 Å². The van der Waals surface area contributed by atoms with E-state index in [1.54, 1.807) is 24.4 Å². The molecule has 1 N–H and O–H groups in total. The second kappa shape index (κ2) is 5.87. The lowest BCUT2D eigenvalue weighted by atomic mass is 10.3. The predicted octanol–water partition coefficient (Wildman–Crippen LogP) is 3.31. The molecule has 0 spiro atoms. The molecule has 19 heavy (non-hydrogen) atoms. The maximum atomic E-state index is 10.9. The SMILES string of the molecule is Cc1sc(C(=O)O)cc1CSc1cc(C#N)ccn1. The van der Waals surface area contributed by atoms with Crippen molar-refractivity contribution in [2.75, 3.05) is 0 Å². The number of nitriles is 1. The summed E-state index contributed by atoms with van der Waals surface area (Å²) in [5.74, 6) is -0.244. The van der Waals surface area contributed by atoms with Crippen LogP contribution in [0.2, 0.25) is 0 Å². The normalized spacial score (nSPS) is 10.1. The van der Waals surface area contributed by atoms with E-state index in [-0.39, 0.29) is 0 Å². The van der Waals surface area contributed by atoms with Gasteiger partial charge >= 0.3 is 5.97 Å². The zero-order valence-corrected chi connectivity index (χ0v) is 11.7. The zero-order valence-electron chi connectivity index (χ0n) is 10.1. The maximum Gasteiger partial charge on any atom is 0.345 e. The molecule has 0 atom stereocenters. The molecule has 0 radical (unpaired) electrons. The Morgan fingerprint density at radius 1 is 1.58 bits per heavy atom. The van der Waals surface area contributed by atoms with Crippen molar-refractivity contribution in [3.05, 3.63) is 45.3 Å². The molecule has 96 valence electrons. The van der Waals surface area contributed by atoms with Gasteiger partial charge in [-0.3, -0.25) is 0 Å². The molecule has 0 saturated heterocycles. The Labute approximate surface area is 118 Å². The molecule has 0 saturated carbocycles. The van der Waals surface area contributed by atoms with Crippen LogP contribution < -0.4 is 0 Å². The van der Waals surface area contributed by atoms with Gasteiger partial charge in [0.2, 0.25) is 0 Å². The van der Waals surface area contributed by atoms with Gasteiger partial charge in [-0.2, -0.15) is 5.26 Å². The molecule has 2 rings (SSSR count). The molecule has 2 heterocycles. The molecule has 2 aromatic rings. The van der Waals surface area contributed by atoms with E-state index in [0.717, 1.165) is 15.5 Å². The van der Waals surface area contributed by atoms with Gasteiger partial charge < -0.3 is 5.11 Å². The standard InChI is InChI=1S/C13H10N2O2S2/c1-8-10(5-11(19-8)13(16)17)7-18-12-4-9(6-14)2-3-15-12/h2-5H,7H2,1H3,(H,16,17). The Morgan fingerprint density at radius 3 is 3.00 bits per heavy atom. The number of nitrogens with zero attached hydrogens (tertiary/aromatic N) is 2. The van der Waals surface area contributed by atoms with Crippen molar-refractivity contribution < 1.29 is 9.90 Å². The van der Waals surface area contributed by atoms with E-state index in [0.29, 0.717) is 16.2 Å². The van der Waals surface area contributed by atoms with Crippen molar-refractivity contribution in [3.8, 4) is 6.07 Å². The molecular weight excluding hydrogens is 280 g/mol. The van der Waals surface area contributed by atoms with Gasteiger partial charge in [0, 0.05) is 16.8 Å². The summed E-state index contributed by atoms with van der Waals surface area (Å²) in [6, 6.07) is 7.15. The number of carboxylic acids is 1. The van der Waals surface area contributed by atoms with Gasteiger partial charge in [-0.15, -0.1) is 23.1 Å². The highest BCUT2D eigenvalue weighted by Crippen LogP contribution is 2.28. The summed E-state index contributed by atoms with van der Waals surface area (Å²) in [4.78, 5) is 16.4. The quantitative estimate of drug-likeness (QED) is 0.874. The topological polar surface area (TPSA) is 74.0 Å². The van der Waals surface area contributed by atoms with Crippen LogP contribution in [-0.4, -0.2) is 16.1 Å². The molecule has 0 amide bonds. The average Bonchev–Trinajstić information content (AvgIpc) is 2.78. The van der Waals surface area contributed by atoms with E-state index in [1.807, 2.05) is 6.92 Å². The Hall–Kier alpha value is -1.84. The number of aromatic nitrogens is 1.